The lowest BCUT2D eigenvalue weighted by molar-refractivity contribution is 0.0664. The Labute approximate surface area is 120 Å². The van der Waals surface area contributed by atoms with Crippen molar-refractivity contribution in [2.75, 3.05) is 26.3 Å². The number of ether oxygens (including phenoxy) is 1. The van der Waals surface area contributed by atoms with Crippen molar-refractivity contribution in [3.63, 3.8) is 0 Å². The van der Waals surface area contributed by atoms with Gasteiger partial charge in [-0.05, 0) is 49.9 Å². The number of hydrogen-bond donors (Lipinski definition) is 1. The van der Waals surface area contributed by atoms with Gasteiger partial charge in [0.2, 0.25) is 0 Å². The molecule has 3 nitrogen and oxygen atoms in total. The van der Waals surface area contributed by atoms with E-state index in [1.165, 1.54) is 23.8 Å². The van der Waals surface area contributed by atoms with E-state index in [1.807, 2.05) is 12.3 Å². The third kappa shape index (κ3) is 3.35. The Morgan fingerprint density at radius 2 is 2.00 bits per heavy atom. The number of nitrogens with zero attached hydrogens (tertiary/aromatic N) is 1. The molecule has 0 spiro atoms. The fourth-order valence-electron chi connectivity index (χ4n) is 2.85. The van der Waals surface area contributed by atoms with Crippen molar-refractivity contribution < 1.29 is 4.74 Å². The summed E-state index contributed by atoms with van der Waals surface area (Å²) >= 11 is 0. The molecule has 2 aromatic rings. The molecule has 1 fully saturated rings. The molecule has 1 aliphatic rings. The fourth-order valence-corrected chi connectivity index (χ4v) is 2.85. The smallest absolute Gasteiger partial charge is 0.0734 e. The summed E-state index contributed by atoms with van der Waals surface area (Å²) in [6, 6.07) is 10.6. The summed E-state index contributed by atoms with van der Waals surface area (Å²) in [5.41, 5.74) is 2.48. The molecule has 0 saturated carbocycles. The predicted octanol–water partition coefficient (Wildman–Crippen LogP) is 2.79. The van der Waals surface area contributed by atoms with Crippen LogP contribution in [-0.2, 0) is 11.2 Å². The van der Waals surface area contributed by atoms with E-state index in [2.05, 4.69) is 34.6 Å². The van der Waals surface area contributed by atoms with Crippen LogP contribution in [0.25, 0.3) is 10.9 Å². The van der Waals surface area contributed by atoms with Crippen molar-refractivity contribution in [3.05, 3.63) is 42.1 Å². The van der Waals surface area contributed by atoms with Gasteiger partial charge in [-0.1, -0.05) is 24.3 Å². The summed E-state index contributed by atoms with van der Waals surface area (Å²) in [6.07, 6.45) is 5.31. The van der Waals surface area contributed by atoms with E-state index < -0.39 is 0 Å². The van der Waals surface area contributed by atoms with Gasteiger partial charge in [-0.3, -0.25) is 4.98 Å². The van der Waals surface area contributed by atoms with Crippen molar-refractivity contribution >= 4 is 10.9 Å². The molecular formula is C17H22N2O. The molecule has 1 saturated heterocycles. The van der Waals surface area contributed by atoms with Crippen LogP contribution in [-0.4, -0.2) is 31.3 Å². The zero-order chi connectivity index (χ0) is 13.6. The zero-order valence-electron chi connectivity index (χ0n) is 11.8. The molecule has 2 heterocycles. The molecule has 3 heteroatoms. The van der Waals surface area contributed by atoms with Crippen molar-refractivity contribution in [1.29, 1.82) is 0 Å². The molecule has 1 aliphatic heterocycles. The summed E-state index contributed by atoms with van der Waals surface area (Å²) in [5.74, 6) is 0.786. The molecule has 0 unspecified atom stereocenters. The summed E-state index contributed by atoms with van der Waals surface area (Å²) in [6.45, 7) is 3.99. The Morgan fingerprint density at radius 3 is 2.90 bits per heavy atom. The number of hydrogen-bond acceptors (Lipinski definition) is 3. The SMILES string of the molecule is c1cnc2c(CCNCC3CCOCC3)cccc2c1. The Bertz CT molecular complexity index is 544. The van der Waals surface area contributed by atoms with E-state index >= 15 is 0 Å². The van der Waals surface area contributed by atoms with E-state index in [-0.39, 0.29) is 0 Å². The van der Waals surface area contributed by atoms with Crippen LogP contribution in [0.1, 0.15) is 18.4 Å². The monoisotopic (exact) mass is 270 g/mol. The first-order chi connectivity index (χ1) is 9.93. The molecule has 20 heavy (non-hydrogen) atoms. The third-order valence-corrected chi connectivity index (χ3v) is 4.06. The van der Waals surface area contributed by atoms with Crippen LogP contribution >= 0.6 is 0 Å². The minimum absolute atomic E-state index is 0.786. The van der Waals surface area contributed by atoms with Gasteiger partial charge < -0.3 is 10.1 Å². The molecular weight excluding hydrogens is 248 g/mol. The molecule has 0 amide bonds. The molecule has 1 aromatic heterocycles. The van der Waals surface area contributed by atoms with Crippen LogP contribution in [0.3, 0.4) is 0 Å². The maximum Gasteiger partial charge on any atom is 0.0734 e. The van der Waals surface area contributed by atoms with Gasteiger partial charge in [0.15, 0.2) is 0 Å². The van der Waals surface area contributed by atoms with E-state index in [0.29, 0.717) is 0 Å². The van der Waals surface area contributed by atoms with E-state index in [4.69, 9.17) is 4.74 Å². The standard InChI is InChI=1S/C17H22N2O/c1-3-15-5-2-9-19-17(15)16(4-1)6-10-18-13-14-7-11-20-12-8-14/h1-5,9,14,18H,6-8,10-13H2. The fraction of sp³-hybridized carbons (Fsp3) is 0.471. The molecule has 1 N–H and O–H groups in total. The molecule has 0 radical (unpaired) electrons. The summed E-state index contributed by atoms with van der Waals surface area (Å²) in [7, 11) is 0. The van der Waals surface area contributed by atoms with E-state index in [9.17, 15) is 0 Å². The van der Waals surface area contributed by atoms with Crippen molar-refractivity contribution in [1.82, 2.24) is 10.3 Å². The molecule has 0 atom stereocenters. The van der Waals surface area contributed by atoms with Gasteiger partial charge >= 0.3 is 0 Å². The second-order valence-corrected chi connectivity index (χ2v) is 5.50. The Hall–Kier alpha value is -1.45. The van der Waals surface area contributed by atoms with Gasteiger partial charge in [-0.2, -0.15) is 0 Å². The van der Waals surface area contributed by atoms with Gasteiger partial charge in [0, 0.05) is 24.8 Å². The predicted molar refractivity (Wildman–Crippen MR) is 81.9 cm³/mol. The Balaban J connectivity index is 1.52. The van der Waals surface area contributed by atoms with Crippen molar-refractivity contribution in [3.8, 4) is 0 Å². The molecule has 3 rings (SSSR count). The van der Waals surface area contributed by atoms with Crippen LogP contribution in [0.2, 0.25) is 0 Å². The third-order valence-electron chi connectivity index (χ3n) is 4.06. The van der Waals surface area contributed by atoms with Gasteiger partial charge in [0.05, 0.1) is 5.52 Å². The number of nitrogens with one attached hydrogen (secondary N) is 1. The van der Waals surface area contributed by atoms with Gasteiger partial charge in [-0.15, -0.1) is 0 Å². The highest BCUT2D eigenvalue weighted by atomic mass is 16.5. The number of fused-ring (bicyclic) bond motifs is 1. The van der Waals surface area contributed by atoms with Crippen LogP contribution < -0.4 is 5.32 Å². The first-order valence-corrected chi connectivity index (χ1v) is 7.54. The van der Waals surface area contributed by atoms with Gasteiger partial charge in [0.1, 0.15) is 0 Å². The lowest BCUT2D eigenvalue weighted by atomic mass is 10.0. The van der Waals surface area contributed by atoms with Gasteiger partial charge in [-0.25, -0.2) is 0 Å². The lowest BCUT2D eigenvalue weighted by Crippen LogP contribution is -2.29. The minimum atomic E-state index is 0.786. The van der Waals surface area contributed by atoms with Crippen molar-refractivity contribution in [2.45, 2.75) is 19.3 Å². The maximum atomic E-state index is 5.39. The summed E-state index contributed by atoms with van der Waals surface area (Å²) in [5, 5.41) is 4.82. The van der Waals surface area contributed by atoms with Gasteiger partial charge in [0.25, 0.3) is 0 Å². The first-order valence-electron chi connectivity index (χ1n) is 7.54. The second-order valence-electron chi connectivity index (χ2n) is 5.50. The normalized spacial score (nSPS) is 16.6. The molecule has 0 aliphatic carbocycles. The van der Waals surface area contributed by atoms with E-state index in [0.717, 1.165) is 44.2 Å². The Kier molecular flexibility index (Phi) is 4.61. The average molecular weight is 270 g/mol. The largest absolute Gasteiger partial charge is 0.381 e. The number of rotatable bonds is 5. The average Bonchev–Trinajstić information content (AvgIpc) is 2.53. The number of benzene rings is 1. The number of aromatic nitrogens is 1. The van der Waals surface area contributed by atoms with Crippen LogP contribution in [0.5, 0.6) is 0 Å². The van der Waals surface area contributed by atoms with Crippen molar-refractivity contribution in [2.24, 2.45) is 5.92 Å². The highest BCUT2D eigenvalue weighted by Gasteiger charge is 2.12. The number of pyridine rings is 1. The highest BCUT2D eigenvalue weighted by molar-refractivity contribution is 5.81. The minimum Gasteiger partial charge on any atom is -0.381 e. The first kappa shape index (κ1) is 13.5. The molecule has 106 valence electrons. The highest BCUT2D eigenvalue weighted by Crippen LogP contribution is 2.16. The summed E-state index contributed by atoms with van der Waals surface area (Å²) in [4.78, 5) is 4.51. The van der Waals surface area contributed by atoms with Crippen LogP contribution in [0.4, 0.5) is 0 Å². The summed E-state index contributed by atoms with van der Waals surface area (Å²) < 4.78 is 5.39. The quantitative estimate of drug-likeness (QED) is 0.848. The number of para-hydroxylation sites is 1. The zero-order valence-corrected chi connectivity index (χ0v) is 11.8. The second kappa shape index (κ2) is 6.82. The Morgan fingerprint density at radius 1 is 1.15 bits per heavy atom. The van der Waals surface area contributed by atoms with Crippen LogP contribution in [0.15, 0.2) is 36.5 Å². The molecule has 0 bridgehead atoms. The molecule has 1 aromatic carbocycles. The van der Waals surface area contributed by atoms with Crippen LogP contribution in [0, 0.1) is 5.92 Å². The topological polar surface area (TPSA) is 34.2 Å². The van der Waals surface area contributed by atoms with E-state index in [1.54, 1.807) is 0 Å². The maximum absolute atomic E-state index is 5.39. The lowest BCUT2D eigenvalue weighted by Gasteiger charge is -2.22.